The maximum atomic E-state index is 12.4. The largest absolute Gasteiger partial charge is 0.498 e. The fourth-order valence-electron chi connectivity index (χ4n) is 1.35. The van der Waals surface area contributed by atoms with E-state index in [4.69, 9.17) is 32.0 Å². The first kappa shape index (κ1) is 23.7. The molecule has 0 aromatic rings. The molecule has 0 N–H and O–H groups in total. The van der Waals surface area contributed by atoms with Gasteiger partial charge in [-0.05, 0) is 52.6 Å². The van der Waals surface area contributed by atoms with Gasteiger partial charge in [0.1, 0.15) is 0 Å². The summed E-state index contributed by atoms with van der Waals surface area (Å²) in [6.45, 7) is 0. The normalized spacial score (nSPS) is 15.9. The van der Waals surface area contributed by atoms with Gasteiger partial charge in [-0.25, -0.2) is 16.8 Å². The first-order chi connectivity index (χ1) is 9.84. The van der Waals surface area contributed by atoms with Crippen LogP contribution in [0.3, 0.4) is 0 Å². The summed E-state index contributed by atoms with van der Waals surface area (Å²) < 4.78 is 115. The van der Waals surface area contributed by atoms with Crippen LogP contribution in [0.15, 0.2) is 0 Å². The lowest BCUT2D eigenvalue weighted by Crippen LogP contribution is -2.44. The zero-order valence-corrected chi connectivity index (χ0v) is 15.4. The number of hydrogen-bond acceptors (Lipinski definition) is 4. The van der Waals surface area contributed by atoms with Crippen LogP contribution >= 0.6 is 39.7 Å². The molecule has 0 fully saturated rings. The van der Waals surface area contributed by atoms with Gasteiger partial charge in [0.2, 0.25) is 0 Å². The standard InChI is InChI=1S/C7H9Cl3F6O4S3/c8-21(9,10)4-2-1-3-5(22(17,18)6(11,12)13)23(19,20)7(14,15)16/h5H,1-4H2. The molecule has 0 heterocycles. The smallest absolute Gasteiger partial charge is 0.218 e. The van der Waals surface area contributed by atoms with E-state index in [0.29, 0.717) is 0 Å². The van der Waals surface area contributed by atoms with Crippen molar-refractivity contribution in [1.29, 1.82) is 0 Å². The lowest BCUT2D eigenvalue weighted by molar-refractivity contribution is -0.0472. The molecule has 0 amide bonds. The minimum Gasteiger partial charge on any atom is -0.218 e. The van der Waals surface area contributed by atoms with Gasteiger partial charge < -0.3 is 0 Å². The quantitative estimate of drug-likeness (QED) is 0.400. The van der Waals surface area contributed by atoms with Crippen LogP contribution < -0.4 is 0 Å². The van der Waals surface area contributed by atoms with Crippen LogP contribution in [0.1, 0.15) is 19.3 Å². The second kappa shape index (κ2) is 7.52. The molecule has 0 atom stereocenters. The molecule has 0 rings (SSSR count). The second-order valence-corrected chi connectivity index (χ2v) is 16.2. The van der Waals surface area contributed by atoms with Gasteiger partial charge in [-0.3, -0.25) is 0 Å². The highest BCUT2D eigenvalue weighted by atomic mass is 36.2. The van der Waals surface area contributed by atoms with Crippen molar-refractivity contribution in [2.45, 2.75) is 34.9 Å². The highest BCUT2D eigenvalue weighted by Crippen LogP contribution is 2.63. The minimum absolute atomic E-state index is 0.234. The third-order valence-electron chi connectivity index (χ3n) is 2.40. The Labute approximate surface area is 143 Å². The fraction of sp³-hybridized carbons (Fsp3) is 1.00. The molecular formula is C7H9Cl3F6O4S3. The van der Waals surface area contributed by atoms with Crippen LogP contribution in [0, 0.1) is 0 Å². The minimum atomic E-state index is -6.60. The van der Waals surface area contributed by atoms with Crippen molar-refractivity contribution in [3.05, 3.63) is 0 Å². The number of alkyl halides is 6. The zero-order valence-electron chi connectivity index (χ0n) is 10.7. The van der Waals surface area contributed by atoms with E-state index in [-0.39, 0.29) is 12.2 Å². The molecule has 142 valence electrons. The van der Waals surface area contributed by atoms with Gasteiger partial charge >= 0.3 is 11.0 Å². The van der Waals surface area contributed by atoms with Gasteiger partial charge in [-0.1, -0.05) is 6.42 Å². The van der Waals surface area contributed by atoms with Gasteiger partial charge in [0.05, 0.1) is 0 Å². The Morgan fingerprint density at radius 2 is 1.09 bits per heavy atom. The number of halogens is 9. The van der Waals surface area contributed by atoms with E-state index in [2.05, 4.69) is 0 Å². The van der Waals surface area contributed by atoms with E-state index in [1.165, 1.54) is 0 Å². The lowest BCUT2D eigenvalue weighted by Gasteiger charge is -2.21. The van der Waals surface area contributed by atoms with Crippen LogP contribution in [0.2, 0.25) is 0 Å². The Morgan fingerprint density at radius 1 is 0.739 bits per heavy atom. The fourth-order valence-corrected chi connectivity index (χ4v) is 6.40. The van der Waals surface area contributed by atoms with Crippen molar-refractivity contribution < 1.29 is 43.2 Å². The van der Waals surface area contributed by atoms with E-state index in [9.17, 15) is 43.2 Å². The maximum absolute atomic E-state index is 12.4. The number of unbranched alkanes of at least 4 members (excludes halogenated alkanes) is 1. The summed E-state index contributed by atoms with van der Waals surface area (Å²) in [6.07, 6.45) is -2.32. The highest BCUT2D eigenvalue weighted by molar-refractivity contribution is 8.79. The van der Waals surface area contributed by atoms with Crippen LogP contribution in [0.4, 0.5) is 26.3 Å². The van der Waals surface area contributed by atoms with Gasteiger partial charge in [0, 0.05) is 5.75 Å². The summed E-state index contributed by atoms with van der Waals surface area (Å²) in [6, 6.07) is 0. The second-order valence-electron chi connectivity index (χ2n) is 4.11. The molecule has 23 heavy (non-hydrogen) atoms. The van der Waals surface area contributed by atoms with Crippen molar-refractivity contribution in [2.75, 3.05) is 5.75 Å². The number of rotatable bonds is 7. The Morgan fingerprint density at radius 3 is 1.35 bits per heavy atom. The molecule has 0 unspecified atom stereocenters. The molecule has 0 aromatic carbocycles. The molecule has 0 aromatic heterocycles. The third-order valence-corrected chi connectivity index (χ3v) is 9.21. The van der Waals surface area contributed by atoms with Crippen LogP contribution in [-0.4, -0.2) is 38.2 Å². The summed E-state index contributed by atoms with van der Waals surface area (Å²) in [7, 11) is 0.306. The monoisotopic (exact) mass is 472 g/mol. The van der Waals surface area contributed by atoms with E-state index in [1.807, 2.05) is 0 Å². The Hall–Kier alpha value is 0.700. The van der Waals surface area contributed by atoms with Crippen molar-refractivity contribution in [3.8, 4) is 0 Å². The van der Waals surface area contributed by atoms with E-state index >= 15 is 0 Å². The predicted molar refractivity (Wildman–Crippen MR) is 77.6 cm³/mol. The van der Waals surface area contributed by atoms with Gasteiger partial charge in [-0.2, -0.15) is 26.3 Å². The SMILES string of the molecule is O=S(=O)(C(CCCCS(Cl)(Cl)Cl)S(=O)(=O)C(F)(F)F)C(F)(F)F. The summed E-state index contributed by atoms with van der Waals surface area (Å²) >= 11 is 0. The molecule has 0 saturated carbocycles. The summed E-state index contributed by atoms with van der Waals surface area (Å²) in [5, 5.41) is 0. The van der Waals surface area contributed by atoms with E-state index in [1.54, 1.807) is 0 Å². The first-order valence-corrected chi connectivity index (χ1v) is 12.7. The molecule has 0 radical (unpaired) electrons. The predicted octanol–water partition coefficient (Wildman–Crippen LogP) is 4.62. The van der Waals surface area contributed by atoms with Gasteiger partial charge in [-0.15, -0.1) is 0 Å². The average molecular weight is 474 g/mol. The third kappa shape index (κ3) is 6.49. The lowest BCUT2D eigenvalue weighted by atomic mass is 10.3. The maximum Gasteiger partial charge on any atom is 0.498 e. The highest BCUT2D eigenvalue weighted by Gasteiger charge is 2.62. The molecule has 16 heteroatoms. The van der Waals surface area contributed by atoms with E-state index in [0.717, 1.165) is 0 Å². The van der Waals surface area contributed by atoms with Gasteiger partial charge in [0.15, 0.2) is 4.58 Å². The van der Waals surface area contributed by atoms with E-state index < -0.39 is 55.8 Å². The summed E-state index contributed by atoms with van der Waals surface area (Å²) in [5.74, 6) is -0.234. The molecule has 0 spiro atoms. The van der Waals surface area contributed by atoms with Crippen molar-refractivity contribution in [1.82, 2.24) is 0 Å². The van der Waals surface area contributed by atoms with Crippen molar-refractivity contribution >= 4 is 59.4 Å². The molecule has 0 bridgehead atoms. The molecule has 4 nitrogen and oxygen atoms in total. The van der Waals surface area contributed by atoms with Gasteiger partial charge in [0.25, 0.3) is 19.7 Å². The van der Waals surface area contributed by atoms with Crippen LogP contribution in [-0.2, 0) is 19.7 Å². The molecule has 0 aliphatic heterocycles. The number of sulfone groups is 2. The average Bonchev–Trinajstić information content (AvgIpc) is 2.22. The summed E-state index contributed by atoms with van der Waals surface area (Å²) in [4.78, 5) is 0. The molecule has 0 aliphatic carbocycles. The zero-order chi connectivity index (χ0) is 18.9. The Kier molecular flexibility index (Phi) is 7.75. The molecule has 0 aliphatic rings. The number of hydrogen-bond donors (Lipinski definition) is 0. The first-order valence-electron chi connectivity index (χ1n) is 5.34. The Bertz CT molecular complexity index is 563. The van der Waals surface area contributed by atoms with Crippen molar-refractivity contribution in [2.24, 2.45) is 0 Å². The topological polar surface area (TPSA) is 68.3 Å². The van der Waals surface area contributed by atoms with Crippen LogP contribution in [0.5, 0.6) is 0 Å². The summed E-state index contributed by atoms with van der Waals surface area (Å²) in [5.41, 5.74) is -12.3. The Balaban J connectivity index is 5.54. The molecular weight excluding hydrogens is 465 g/mol. The van der Waals surface area contributed by atoms with Crippen LogP contribution in [0.25, 0.3) is 0 Å². The molecule has 0 saturated heterocycles. The van der Waals surface area contributed by atoms with Crippen molar-refractivity contribution in [3.63, 3.8) is 0 Å².